The molecule has 1 aromatic carbocycles. The van der Waals surface area contributed by atoms with Crippen molar-refractivity contribution in [1.82, 2.24) is 4.90 Å². The van der Waals surface area contributed by atoms with E-state index < -0.39 is 0 Å². The Hall–Kier alpha value is -1.61. The number of carbonyl (C=O) groups excluding carboxylic acids is 1. The number of rotatable bonds is 5. The zero-order valence-electron chi connectivity index (χ0n) is 13.3. The molecule has 23 heavy (non-hydrogen) atoms. The molecule has 124 valence electrons. The van der Waals surface area contributed by atoms with Crippen LogP contribution in [-0.4, -0.2) is 41.7 Å². The molecule has 1 heterocycles. The third-order valence-corrected chi connectivity index (χ3v) is 4.68. The minimum absolute atomic E-state index is 0.0795. The van der Waals surface area contributed by atoms with Crippen molar-refractivity contribution in [3.05, 3.63) is 28.8 Å². The first kappa shape index (κ1) is 17.7. The molecule has 2 N–H and O–H groups in total. The van der Waals surface area contributed by atoms with E-state index in [2.05, 4.69) is 17.1 Å². The van der Waals surface area contributed by atoms with E-state index in [1.807, 2.05) is 6.07 Å². The van der Waals surface area contributed by atoms with Crippen molar-refractivity contribution in [3.8, 4) is 6.07 Å². The molecule has 1 aromatic rings. The molecule has 0 spiro atoms. The molecule has 5 nitrogen and oxygen atoms in total. The molecule has 1 aliphatic heterocycles. The Kier molecular flexibility index (Phi) is 6.40. The molecule has 0 bridgehead atoms. The lowest BCUT2D eigenvalue weighted by atomic mass is 9.94. The molecule has 1 aliphatic rings. The van der Waals surface area contributed by atoms with E-state index in [0.717, 1.165) is 19.4 Å². The molecule has 1 amide bonds. The lowest BCUT2D eigenvalue weighted by molar-refractivity contribution is -0.116. The van der Waals surface area contributed by atoms with Gasteiger partial charge in [-0.1, -0.05) is 11.6 Å². The molecule has 6 heteroatoms. The standard InChI is InChI=1S/C17H22ClN3O2/c1-12-2-3-13(11-22)10-21(12)7-6-17(23)20-15-5-4-14(9-19)16(18)8-15/h4-5,8,12-13,22H,2-3,6-7,10-11H2,1H3,(H,20,23). The molecule has 1 fully saturated rings. The van der Waals surface area contributed by atoms with Gasteiger partial charge in [0.25, 0.3) is 0 Å². The fraction of sp³-hybridized carbons (Fsp3) is 0.529. The number of aliphatic hydroxyl groups is 1. The quantitative estimate of drug-likeness (QED) is 0.867. The van der Waals surface area contributed by atoms with Gasteiger partial charge in [-0.05, 0) is 43.9 Å². The second-order valence-electron chi connectivity index (χ2n) is 6.07. The molecule has 0 aliphatic carbocycles. The lowest BCUT2D eigenvalue weighted by Crippen LogP contribution is -2.43. The number of hydrogen-bond donors (Lipinski definition) is 2. The van der Waals surface area contributed by atoms with Crippen LogP contribution in [0.3, 0.4) is 0 Å². The van der Waals surface area contributed by atoms with Gasteiger partial charge >= 0.3 is 0 Å². The second kappa shape index (κ2) is 8.30. The monoisotopic (exact) mass is 335 g/mol. The molecule has 2 atom stereocenters. The number of nitriles is 1. The molecular formula is C17H22ClN3O2. The Morgan fingerprint density at radius 1 is 1.52 bits per heavy atom. The maximum Gasteiger partial charge on any atom is 0.225 e. The highest BCUT2D eigenvalue weighted by Crippen LogP contribution is 2.22. The van der Waals surface area contributed by atoms with Gasteiger partial charge in [-0.3, -0.25) is 9.69 Å². The Morgan fingerprint density at radius 3 is 2.96 bits per heavy atom. The Bertz CT molecular complexity index is 600. The van der Waals surface area contributed by atoms with Crippen LogP contribution >= 0.6 is 11.6 Å². The molecule has 0 radical (unpaired) electrons. The van der Waals surface area contributed by atoms with Gasteiger partial charge < -0.3 is 10.4 Å². The van der Waals surface area contributed by atoms with E-state index >= 15 is 0 Å². The first-order valence-electron chi connectivity index (χ1n) is 7.88. The van der Waals surface area contributed by atoms with E-state index in [-0.39, 0.29) is 12.5 Å². The summed E-state index contributed by atoms with van der Waals surface area (Å²) >= 11 is 5.96. The lowest BCUT2D eigenvalue weighted by Gasteiger charge is -2.37. The summed E-state index contributed by atoms with van der Waals surface area (Å²) in [6.07, 6.45) is 2.49. The molecule has 2 rings (SSSR count). The Labute approximate surface area is 141 Å². The summed E-state index contributed by atoms with van der Waals surface area (Å²) in [5, 5.41) is 21.3. The number of anilines is 1. The van der Waals surface area contributed by atoms with Crippen LogP contribution in [0.5, 0.6) is 0 Å². The predicted molar refractivity (Wildman–Crippen MR) is 90.3 cm³/mol. The van der Waals surface area contributed by atoms with Crippen molar-refractivity contribution < 1.29 is 9.90 Å². The zero-order chi connectivity index (χ0) is 16.8. The largest absolute Gasteiger partial charge is 0.396 e. The van der Waals surface area contributed by atoms with Crippen LogP contribution in [-0.2, 0) is 4.79 Å². The van der Waals surface area contributed by atoms with Gasteiger partial charge in [-0.2, -0.15) is 5.26 Å². The van der Waals surface area contributed by atoms with E-state index in [0.29, 0.717) is 41.2 Å². The van der Waals surface area contributed by atoms with Gasteiger partial charge in [-0.25, -0.2) is 0 Å². The minimum atomic E-state index is -0.0795. The topological polar surface area (TPSA) is 76.4 Å². The average Bonchev–Trinajstić information content (AvgIpc) is 2.54. The smallest absolute Gasteiger partial charge is 0.225 e. The van der Waals surface area contributed by atoms with Crippen LogP contribution in [0, 0.1) is 17.2 Å². The van der Waals surface area contributed by atoms with Crippen molar-refractivity contribution >= 4 is 23.2 Å². The summed E-state index contributed by atoms with van der Waals surface area (Å²) in [6.45, 7) is 3.88. The molecule has 2 unspecified atom stereocenters. The summed E-state index contributed by atoms with van der Waals surface area (Å²) in [5.74, 6) is 0.232. The number of nitrogens with one attached hydrogen (secondary N) is 1. The Morgan fingerprint density at radius 2 is 2.30 bits per heavy atom. The van der Waals surface area contributed by atoms with E-state index in [9.17, 15) is 9.90 Å². The van der Waals surface area contributed by atoms with Gasteiger partial charge in [0.05, 0.1) is 10.6 Å². The van der Waals surface area contributed by atoms with Gasteiger partial charge in [0, 0.05) is 37.8 Å². The van der Waals surface area contributed by atoms with Gasteiger partial charge in [0.2, 0.25) is 5.91 Å². The molecule has 1 saturated heterocycles. The van der Waals surface area contributed by atoms with Gasteiger partial charge in [-0.15, -0.1) is 0 Å². The third kappa shape index (κ3) is 4.93. The maximum absolute atomic E-state index is 12.1. The number of amides is 1. The van der Waals surface area contributed by atoms with E-state index in [1.165, 1.54) is 0 Å². The second-order valence-corrected chi connectivity index (χ2v) is 6.48. The number of likely N-dealkylation sites (tertiary alicyclic amines) is 1. The average molecular weight is 336 g/mol. The summed E-state index contributed by atoms with van der Waals surface area (Å²) in [6, 6.07) is 7.28. The molecule has 0 aromatic heterocycles. The summed E-state index contributed by atoms with van der Waals surface area (Å²) in [4.78, 5) is 14.3. The van der Waals surface area contributed by atoms with Crippen molar-refractivity contribution in [2.24, 2.45) is 5.92 Å². The van der Waals surface area contributed by atoms with Crippen LogP contribution in [0.25, 0.3) is 0 Å². The van der Waals surface area contributed by atoms with Gasteiger partial charge in [0.15, 0.2) is 0 Å². The predicted octanol–water partition coefficient (Wildman–Crippen LogP) is 2.63. The van der Waals surface area contributed by atoms with Crippen LogP contribution in [0.4, 0.5) is 5.69 Å². The summed E-state index contributed by atoms with van der Waals surface area (Å²) in [5.41, 5.74) is 0.987. The Balaban J connectivity index is 1.85. The fourth-order valence-corrected chi connectivity index (χ4v) is 3.10. The van der Waals surface area contributed by atoms with Crippen LogP contribution in [0.15, 0.2) is 18.2 Å². The first-order chi connectivity index (χ1) is 11.0. The van der Waals surface area contributed by atoms with Crippen molar-refractivity contribution in [2.45, 2.75) is 32.2 Å². The van der Waals surface area contributed by atoms with Crippen molar-refractivity contribution in [2.75, 3.05) is 25.0 Å². The number of nitrogens with zero attached hydrogens (tertiary/aromatic N) is 2. The molecule has 0 saturated carbocycles. The third-order valence-electron chi connectivity index (χ3n) is 4.37. The number of carbonyl (C=O) groups is 1. The number of benzene rings is 1. The number of hydrogen-bond acceptors (Lipinski definition) is 4. The molecular weight excluding hydrogens is 314 g/mol. The first-order valence-corrected chi connectivity index (χ1v) is 8.25. The van der Waals surface area contributed by atoms with E-state index in [1.54, 1.807) is 18.2 Å². The fourth-order valence-electron chi connectivity index (χ4n) is 2.88. The van der Waals surface area contributed by atoms with Crippen LogP contribution < -0.4 is 5.32 Å². The zero-order valence-corrected chi connectivity index (χ0v) is 14.0. The summed E-state index contributed by atoms with van der Waals surface area (Å²) in [7, 11) is 0. The van der Waals surface area contributed by atoms with Crippen LogP contribution in [0.1, 0.15) is 31.7 Å². The summed E-state index contributed by atoms with van der Waals surface area (Å²) < 4.78 is 0. The number of piperidine rings is 1. The highest BCUT2D eigenvalue weighted by Gasteiger charge is 2.25. The SMILES string of the molecule is CC1CCC(CO)CN1CCC(=O)Nc1ccc(C#N)c(Cl)c1. The van der Waals surface area contributed by atoms with Crippen molar-refractivity contribution in [3.63, 3.8) is 0 Å². The minimum Gasteiger partial charge on any atom is -0.396 e. The maximum atomic E-state index is 12.1. The normalized spacial score (nSPS) is 21.7. The van der Waals surface area contributed by atoms with Crippen molar-refractivity contribution in [1.29, 1.82) is 5.26 Å². The van der Waals surface area contributed by atoms with E-state index in [4.69, 9.17) is 16.9 Å². The highest BCUT2D eigenvalue weighted by molar-refractivity contribution is 6.32. The number of halogens is 1. The number of aliphatic hydroxyl groups excluding tert-OH is 1. The highest BCUT2D eigenvalue weighted by atomic mass is 35.5. The van der Waals surface area contributed by atoms with Gasteiger partial charge in [0.1, 0.15) is 6.07 Å². The van der Waals surface area contributed by atoms with Crippen LogP contribution in [0.2, 0.25) is 5.02 Å².